The average Bonchev–Trinajstić information content (AvgIpc) is 2.72. The Balaban J connectivity index is 1.57. The van der Waals surface area contributed by atoms with Crippen LogP contribution in [0.3, 0.4) is 0 Å². The highest BCUT2D eigenvalue weighted by Crippen LogP contribution is 2.37. The number of ether oxygens (including phenoxy) is 3. The van der Waals surface area contributed by atoms with Gasteiger partial charge >= 0.3 is 0 Å². The Morgan fingerprint density at radius 3 is 2.72 bits per heavy atom. The fourth-order valence-electron chi connectivity index (χ4n) is 3.20. The van der Waals surface area contributed by atoms with Crippen molar-refractivity contribution >= 4 is 27.5 Å². The first kappa shape index (κ1) is 22.4. The maximum absolute atomic E-state index is 6.06. The van der Waals surface area contributed by atoms with Gasteiger partial charge in [0.15, 0.2) is 11.5 Å². The van der Waals surface area contributed by atoms with Crippen molar-refractivity contribution in [1.29, 1.82) is 0 Å². The highest BCUT2D eigenvalue weighted by atomic mass is 79.9. The largest absolute Gasteiger partial charge is 0.490 e. The van der Waals surface area contributed by atoms with Crippen LogP contribution in [0.4, 0.5) is 0 Å². The Labute approximate surface area is 186 Å². The molecule has 3 rings (SSSR count). The van der Waals surface area contributed by atoms with E-state index in [9.17, 15) is 0 Å². The van der Waals surface area contributed by atoms with Crippen LogP contribution in [0.2, 0.25) is 5.02 Å². The second-order valence-electron chi connectivity index (χ2n) is 6.89. The van der Waals surface area contributed by atoms with Gasteiger partial charge in [-0.25, -0.2) is 0 Å². The van der Waals surface area contributed by atoms with Gasteiger partial charge in [0.2, 0.25) is 0 Å². The van der Waals surface area contributed by atoms with E-state index in [4.69, 9.17) is 25.8 Å². The minimum atomic E-state index is 0.427. The number of hydrogen-bond acceptors (Lipinski definition) is 5. The zero-order valence-electron chi connectivity index (χ0n) is 16.8. The molecular weight excluding hydrogens is 456 g/mol. The monoisotopic (exact) mass is 482 g/mol. The van der Waals surface area contributed by atoms with Crippen LogP contribution in [-0.2, 0) is 17.9 Å². The molecule has 0 radical (unpaired) electrons. The zero-order valence-corrected chi connectivity index (χ0v) is 19.1. The molecule has 0 spiro atoms. The number of rotatable bonds is 10. The summed E-state index contributed by atoms with van der Waals surface area (Å²) >= 11 is 9.71. The Hall–Kier alpha value is -1.31. The molecule has 1 heterocycles. The minimum absolute atomic E-state index is 0.427. The van der Waals surface area contributed by atoms with E-state index in [2.05, 4.69) is 32.2 Å². The summed E-state index contributed by atoms with van der Waals surface area (Å²) in [6.07, 6.45) is 0. The van der Waals surface area contributed by atoms with Crippen molar-refractivity contribution < 1.29 is 14.2 Å². The molecule has 5 nitrogen and oxygen atoms in total. The summed E-state index contributed by atoms with van der Waals surface area (Å²) in [6, 6.07) is 11.8. The third-order valence-electron chi connectivity index (χ3n) is 4.68. The Bertz CT molecular complexity index is 785. The van der Waals surface area contributed by atoms with Gasteiger partial charge in [-0.2, -0.15) is 0 Å². The number of benzene rings is 2. The molecule has 1 fully saturated rings. The normalized spacial score (nSPS) is 14.7. The summed E-state index contributed by atoms with van der Waals surface area (Å²) in [5.74, 6) is 1.46. The first-order valence-corrected chi connectivity index (χ1v) is 11.2. The third kappa shape index (κ3) is 7.15. The van der Waals surface area contributed by atoms with Gasteiger partial charge < -0.3 is 19.5 Å². The SMILES string of the molecule is CCOc1cc(CNCCN2CCOCC2)cc(Br)c1OCc1cccc(Cl)c1. The second-order valence-corrected chi connectivity index (χ2v) is 8.18. The molecular formula is C22H28BrClN2O3. The third-order valence-corrected chi connectivity index (χ3v) is 5.50. The fourth-order valence-corrected chi connectivity index (χ4v) is 4.02. The Kier molecular flexibility index (Phi) is 9.08. The average molecular weight is 484 g/mol. The molecule has 0 aromatic heterocycles. The fraction of sp³-hybridized carbons (Fsp3) is 0.455. The predicted octanol–water partition coefficient (Wildman–Crippen LogP) is 4.50. The molecule has 0 saturated carbocycles. The highest BCUT2D eigenvalue weighted by molar-refractivity contribution is 9.10. The van der Waals surface area contributed by atoms with Crippen molar-refractivity contribution in [2.24, 2.45) is 0 Å². The van der Waals surface area contributed by atoms with Gasteiger partial charge in [0.25, 0.3) is 0 Å². The smallest absolute Gasteiger partial charge is 0.175 e. The van der Waals surface area contributed by atoms with Gasteiger partial charge in [-0.3, -0.25) is 4.90 Å². The molecule has 1 aliphatic rings. The lowest BCUT2D eigenvalue weighted by molar-refractivity contribution is 0.0384. The quantitative estimate of drug-likeness (QED) is 0.504. The van der Waals surface area contributed by atoms with E-state index >= 15 is 0 Å². The molecule has 29 heavy (non-hydrogen) atoms. The van der Waals surface area contributed by atoms with Gasteiger partial charge in [0.05, 0.1) is 24.3 Å². The first-order valence-electron chi connectivity index (χ1n) is 9.99. The van der Waals surface area contributed by atoms with Gasteiger partial charge in [0.1, 0.15) is 6.61 Å². The van der Waals surface area contributed by atoms with E-state index in [1.165, 1.54) is 0 Å². The molecule has 7 heteroatoms. The van der Waals surface area contributed by atoms with Crippen LogP contribution in [0.25, 0.3) is 0 Å². The van der Waals surface area contributed by atoms with Gasteiger partial charge in [0, 0.05) is 37.7 Å². The molecule has 1 N–H and O–H groups in total. The summed E-state index contributed by atoms with van der Waals surface area (Å²) in [4.78, 5) is 2.42. The van der Waals surface area contributed by atoms with Crippen molar-refractivity contribution in [3.63, 3.8) is 0 Å². The number of halogens is 2. The molecule has 0 unspecified atom stereocenters. The molecule has 0 bridgehead atoms. The van der Waals surface area contributed by atoms with E-state index in [-0.39, 0.29) is 0 Å². The van der Waals surface area contributed by atoms with Crippen molar-refractivity contribution in [2.75, 3.05) is 46.0 Å². The summed E-state index contributed by atoms with van der Waals surface area (Å²) in [7, 11) is 0. The van der Waals surface area contributed by atoms with Crippen LogP contribution in [0.15, 0.2) is 40.9 Å². The van der Waals surface area contributed by atoms with Crippen LogP contribution in [0.5, 0.6) is 11.5 Å². The number of morpholine rings is 1. The lowest BCUT2D eigenvalue weighted by Gasteiger charge is -2.26. The summed E-state index contributed by atoms with van der Waals surface area (Å²) in [5.41, 5.74) is 2.16. The molecule has 2 aromatic rings. The first-order chi connectivity index (χ1) is 14.2. The minimum Gasteiger partial charge on any atom is -0.490 e. The van der Waals surface area contributed by atoms with Crippen molar-refractivity contribution in [1.82, 2.24) is 10.2 Å². The Morgan fingerprint density at radius 2 is 1.97 bits per heavy atom. The molecule has 1 aliphatic heterocycles. The van der Waals surface area contributed by atoms with E-state index in [1.807, 2.05) is 37.3 Å². The van der Waals surface area contributed by atoms with Crippen LogP contribution < -0.4 is 14.8 Å². The van der Waals surface area contributed by atoms with Gasteiger partial charge in [-0.05, 0) is 58.2 Å². The second kappa shape index (κ2) is 11.8. The van der Waals surface area contributed by atoms with Crippen molar-refractivity contribution in [2.45, 2.75) is 20.1 Å². The lowest BCUT2D eigenvalue weighted by atomic mass is 10.2. The van der Waals surface area contributed by atoms with Crippen LogP contribution >= 0.6 is 27.5 Å². The molecule has 0 amide bonds. The summed E-state index contributed by atoms with van der Waals surface area (Å²) < 4.78 is 18.2. The molecule has 158 valence electrons. The van der Waals surface area contributed by atoms with Crippen LogP contribution in [0.1, 0.15) is 18.1 Å². The summed E-state index contributed by atoms with van der Waals surface area (Å²) in [5, 5.41) is 4.22. The maximum Gasteiger partial charge on any atom is 0.175 e. The van der Waals surface area contributed by atoms with Crippen LogP contribution in [-0.4, -0.2) is 50.9 Å². The molecule has 0 atom stereocenters. The predicted molar refractivity (Wildman–Crippen MR) is 120 cm³/mol. The van der Waals surface area contributed by atoms with Gasteiger partial charge in [-0.1, -0.05) is 23.7 Å². The van der Waals surface area contributed by atoms with Crippen molar-refractivity contribution in [3.05, 3.63) is 57.0 Å². The zero-order chi connectivity index (χ0) is 20.5. The standard InChI is InChI=1S/C22H28BrClN2O3/c1-2-28-21-14-18(15-25-6-7-26-8-10-27-11-9-26)13-20(23)22(21)29-16-17-4-3-5-19(24)12-17/h3-5,12-14,25H,2,6-11,15-16H2,1H3. The van der Waals surface area contributed by atoms with Gasteiger partial charge in [-0.15, -0.1) is 0 Å². The molecule has 1 saturated heterocycles. The number of hydrogen-bond donors (Lipinski definition) is 1. The number of nitrogens with one attached hydrogen (secondary N) is 1. The summed E-state index contributed by atoms with van der Waals surface area (Å²) in [6.45, 7) is 9.42. The van der Waals surface area contributed by atoms with Crippen molar-refractivity contribution in [3.8, 4) is 11.5 Å². The molecule has 2 aromatic carbocycles. The molecule has 0 aliphatic carbocycles. The maximum atomic E-state index is 6.06. The highest BCUT2D eigenvalue weighted by Gasteiger charge is 2.13. The van der Waals surface area contributed by atoms with Crippen LogP contribution in [0, 0.1) is 0 Å². The van der Waals surface area contributed by atoms with E-state index in [0.29, 0.717) is 24.0 Å². The van der Waals surface area contributed by atoms with E-state index in [0.717, 1.165) is 67.3 Å². The lowest BCUT2D eigenvalue weighted by Crippen LogP contribution is -2.40. The number of nitrogens with zero attached hydrogens (tertiary/aromatic N) is 1. The van der Waals surface area contributed by atoms with E-state index in [1.54, 1.807) is 0 Å². The Morgan fingerprint density at radius 1 is 1.14 bits per heavy atom. The topological polar surface area (TPSA) is 43.0 Å². The van der Waals surface area contributed by atoms with E-state index < -0.39 is 0 Å².